The number of terminal acetylenes is 1. The minimum atomic E-state index is -0.674. The molecule has 114 valence electrons. The van der Waals surface area contributed by atoms with Gasteiger partial charge in [0.15, 0.2) is 0 Å². The molecule has 0 unspecified atom stereocenters. The van der Waals surface area contributed by atoms with Gasteiger partial charge in [0.2, 0.25) is 0 Å². The van der Waals surface area contributed by atoms with E-state index in [0.717, 1.165) is 32.1 Å². The van der Waals surface area contributed by atoms with E-state index in [0.29, 0.717) is 6.42 Å². The summed E-state index contributed by atoms with van der Waals surface area (Å²) in [5, 5.41) is 8.50. The van der Waals surface area contributed by atoms with Crippen LogP contribution in [0.3, 0.4) is 0 Å². The Morgan fingerprint density at radius 3 is 1.90 bits per heavy atom. The summed E-state index contributed by atoms with van der Waals surface area (Å²) in [5.41, 5.74) is 0. The van der Waals surface area contributed by atoms with Gasteiger partial charge in [-0.1, -0.05) is 44.3 Å². The van der Waals surface area contributed by atoms with Crippen LogP contribution in [0.5, 0.6) is 0 Å². The van der Waals surface area contributed by atoms with Gasteiger partial charge in [-0.2, -0.15) is 0 Å². The van der Waals surface area contributed by atoms with E-state index in [-0.39, 0.29) is 0 Å². The van der Waals surface area contributed by atoms with E-state index in [1.54, 1.807) is 0 Å². The molecule has 0 aliphatic carbocycles. The van der Waals surface area contributed by atoms with Gasteiger partial charge in [-0.05, 0) is 38.5 Å². The first-order chi connectivity index (χ1) is 9.77. The van der Waals surface area contributed by atoms with Crippen molar-refractivity contribution in [2.24, 2.45) is 0 Å². The molecule has 1 N–H and O–H groups in total. The minimum Gasteiger partial charge on any atom is -0.481 e. The van der Waals surface area contributed by atoms with Gasteiger partial charge in [-0.25, -0.2) is 0 Å². The highest BCUT2D eigenvalue weighted by molar-refractivity contribution is 5.66. The summed E-state index contributed by atoms with van der Waals surface area (Å²) in [4.78, 5) is 10.3. The lowest BCUT2D eigenvalue weighted by molar-refractivity contribution is -0.137. The maximum absolute atomic E-state index is 10.3. The molecule has 0 bridgehead atoms. The van der Waals surface area contributed by atoms with E-state index < -0.39 is 5.97 Å². The lowest BCUT2D eigenvalue weighted by atomic mass is 10.1. The molecule has 2 nitrogen and oxygen atoms in total. The summed E-state index contributed by atoms with van der Waals surface area (Å²) in [7, 11) is 0. The second-order valence-corrected chi connectivity index (χ2v) is 5.33. The van der Waals surface area contributed by atoms with Crippen LogP contribution in [0.15, 0.2) is 12.2 Å². The number of rotatable bonds is 14. The second-order valence-electron chi connectivity index (χ2n) is 5.33. The molecule has 2 heteroatoms. The molecule has 0 aliphatic rings. The van der Waals surface area contributed by atoms with Crippen LogP contribution in [0.1, 0.15) is 83.5 Å². The van der Waals surface area contributed by atoms with Crippen LogP contribution in [0, 0.1) is 12.3 Å². The first-order valence-corrected chi connectivity index (χ1v) is 8.07. The van der Waals surface area contributed by atoms with Crippen molar-refractivity contribution in [2.45, 2.75) is 83.5 Å². The number of hydrogen-bond donors (Lipinski definition) is 1. The van der Waals surface area contributed by atoms with E-state index in [2.05, 4.69) is 18.1 Å². The maximum atomic E-state index is 10.3. The van der Waals surface area contributed by atoms with Crippen LogP contribution >= 0.6 is 0 Å². The first kappa shape index (κ1) is 18.8. The number of aliphatic carboxylic acids is 1. The van der Waals surface area contributed by atoms with Crippen LogP contribution in [-0.4, -0.2) is 11.1 Å². The Bertz CT molecular complexity index is 286. The molecule has 0 amide bonds. The molecule has 0 saturated heterocycles. The highest BCUT2D eigenvalue weighted by Gasteiger charge is 1.95. The van der Waals surface area contributed by atoms with Gasteiger partial charge in [0.25, 0.3) is 0 Å². The molecule has 0 rings (SSSR count). The molecule has 0 heterocycles. The third-order valence-corrected chi connectivity index (χ3v) is 3.37. The predicted octanol–water partition coefficient (Wildman–Crippen LogP) is 5.33. The summed E-state index contributed by atoms with van der Waals surface area (Å²) in [6.07, 6.45) is 23.9. The Kier molecular flexibility index (Phi) is 14.9. The normalized spacial score (nSPS) is 10.8. The highest BCUT2D eigenvalue weighted by Crippen LogP contribution is 2.09. The number of carbonyl (C=O) groups is 1. The molecule has 0 aromatic carbocycles. The number of allylic oxidation sites excluding steroid dienone is 2. The zero-order valence-corrected chi connectivity index (χ0v) is 12.8. The maximum Gasteiger partial charge on any atom is 0.303 e. The second kappa shape index (κ2) is 15.8. The summed E-state index contributed by atoms with van der Waals surface area (Å²) in [6.45, 7) is 0. The lowest BCUT2D eigenvalue weighted by Crippen LogP contribution is -1.93. The number of unbranched alkanes of at least 4 members (excludes halogenated alkanes) is 10. The van der Waals surface area contributed by atoms with E-state index in [9.17, 15) is 4.79 Å². The molecular formula is C18H30O2. The van der Waals surface area contributed by atoms with Crippen molar-refractivity contribution in [3.63, 3.8) is 0 Å². The quantitative estimate of drug-likeness (QED) is 0.265. The lowest BCUT2D eigenvalue weighted by Gasteiger charge is -1.98. The van der Waals surface area contributed by atoms with Crippen molar-refractivity contribution in [1.29, 1.82) is 0 Å². The Labute approximate surface area is 124 Å². The molecular weight excluding hydrogens is 248 g/mol. The van der Waals surface area contributed by atoms with Crippen LogP contribution in [-0.2, 0) is 4.79 Å². The summed E-state index contributed by atoms with van der Waals surface area (Å²) < 4.78 is 0. The number of carboxylic acid groups (broad SMARTS) is 1. The Morgan fingerprint density at radius 1 is 0.850 bits per heavy atom. The van der Waals surface area contributed by atoms with Crippen molar-refractivity contribution in [3.05, 3.63) is 12.2 Å². The fourth-order valence-electron chi connectivity index (χ4n) is 2.15. The van der Waals surface area contributed by atoms with Crippen molar-refractivity contribution >= 4 is 5.97 Å². The molecule has 0 spiro atoms. The van der Waals surface area contributed by atoms with Gasteiger partial charge in [0.1, 0.15) is 0 Å². The third kappa shape index (κ3) is 16.8. The highest BCUT2D eigenvalue weighted by atomic mass is 16.4. The molecule has 0 aromatic heterocycles. The van der Waals surface area contributed by atoms with Crippen molar-refractivity contribution in [1.82, 2.24) is 0 Å². The molecule has 0 atom stereocenters. The molecule has 0 aromatic rings. The predicted molar refractivity (Wildman–Crippen MR) is 85.6 cm³/mol. The third-order valence-electron chi connectivity index (χ3n) is 3.37. The van der Waals surface area contributed by atoms with E-state index in [4.69, 9.17) is 11.5 Å². The van der Waals surface area contributed by atoms with E-state index >= 15 is 0 Å². The van der Waals surface area contributed by atoms with Crippen molar-refractivity contribution in [3.8, 4) is 12.3 Å². The summed E-state index contributed by atoms with van der Waals surface area (Å²) >= 11 is 0. The van der Waals surface area contributed by atoms with Crippen molar-refractivity contribution < 1.29 is 9.90 Å². The Balaban J connectivity index is 3.09. The fraction of sp³-hybridized carbons (Fsp3) is 0.722. The Hall–Kier alpha value is -1.23. The zero-order chi connectivity index (χ0) is 14.9. The largest absolute Gasteiger partial charge is 0.481 e. The van der Waals surface area contributed by atoms with Crippen LogP contribution in [0.4, 0.5) is 0 Å². The van der Waals surface area contributed by atoms with Crippen LogP contribution < -0.4 is 0 Å². The van der Waals surface area contributed by atoms with Crippen LogP contribution in [0.25, 0.3) is 0 Å². The van der Waals surface area contributed by atoms with Gasteiger partial charge in [0.05, 0.1) is 0 Å². The smallest absolute Gasteiger partial charge is 0.303 e. The first-order valence-electron chi connectivity index (χ1n) is 8.07. The van der Waals surface area contributed by atoms with Gasteiger partial charge in [0, 0.05) is 12.8 Å². The molecule has 20 heavy (non-hydrogen) atoms. The van der Waals surface area contributed by atoms with Gasteiger partial charge in [-0.3, -0.25) is 4.79 Å². The average Bonchev–Trinajstić information content (AvgIpc) is 2.43. The Morgan fingerprint density at radius 2 is 1.35 bits per heavy atom. The molecule has 0 fully saturated rings. The minimum absolute atomic E-state index is 0.321. The molecule has 0 saturated carbocycles. The number of carboxylic acids is 1. The molecule has 0 radical (unpaired) electrons. The van der Waals surface area contributed by atoms with E-state index in [1.807, 2.05) is 0 Å². The summed E-state index contributed by atoms with van der Waals surface area (Å²) in [5.74, 6) is 2.00. The van der Waals surface area contributed by atoms with Crippen molar-refractivity contribution in [2.75, 3.05) is 0 Å². The van der Waals surface area contributed by atoms with Gasteiger partial charge in [-0.15, -0.1) is 12.3 Å². The zero-order valence-electron chi connectivity index (χ0n) is 12.8. The van der Waals surface area contributed by atoms with Gasteiger partial charge < -0.3 is 5.11 Å². The van der Waals surface area contributed by atoms with Gasteiger partial charge >= 0.3 is 5.97 Å². The standard InChI is InChI=1S/C18H30O2/c1-2-3-4-5-6-7-8-9-10-11-12-13-14-15-16-17-18(19)20/h1,9-10H,3-8,11-17H2,(H,19,20)/b10-9-. The summed E-state index contributed by atoms with van der Waals surface area (Å²) in [6, 6.07) is 0. The SMILES string of the molecule is C#CCCCCCC/C=C\CCCCCCCC(=O)O. The van der Waals surface area contributed by atoms with Crippen LogP contribution in [0.2, 0.25) is 0 Å². The van der Waals surface area contributed by atoms with E-state index in [1.165, 1.54) is 44.9 Å². The average molecular weight is 278 g/mol. The molecule has 0 aliphatic heterocycles. The topological polar surface area (TPSA) is 37.3 Å². The number of hydrogen-bond acceptors (Lipinski definition) is 1. The monoisotopic (exact) mass is 278 g/mol. The fourth-order valence-corrected chi connectivity index (χ4v) is 2.15.